The molecule has 130 valence electrons. The minimum Gasteiger partial charge on any atom is -0.394 e. The lowest BCUT2D eigenvalue weighted by Crippen LogP contribution is -2.29. The van der Waals surface area contributed by atoms with Crippen LogP contribution >= 0.6 is 22.6 Å². The number of aliphatic hydroxyl groups excluding tert-OH is 2. The second-order valence-electron chi connectivity index (χ2n) is 5.37. The van der Waals surface area contributed by atoms with Gasteiger partial charge in [0.1, 0.15) is 5.82 Å². The molecule has 0 bridgehead atoms. The maximum absolute atomic E-state index is 14.1. The Labute approximate surface area is 155 Å². The third-order valence-corrected chi connectivity index (χ3v) is 4.23. The number of hydrogen-bond acceptors (Lipinski definition) is 6. The predicted molar refractivity (Wildman–Crippen MR) is 99.3 cm³/mol. The number of hydrogen-bond donors (Lipinski definition) is 3. The molecule has 0 saturated carbocycles. The summed E-state index contributed by atoms with van der Waals surface area (Å²) in [6.45, 7) is -0.572. The van der Waals surface area contributed by atoms with Gasteiger partial charge in [-0.1, -0.05) is 0 Å². The summed E-state index contributed by atoms with van der Waals surface area (Å²) in [5, 5.41) is 21.6. The molecule has 0 aliphatic rings. The fourth-order valence-corrected chi connectivity index (χ4v) is 2.80. The summed E-state index contributed by atoms with van der Waals surface area (Å²) in [7, 11) is 0. The Bertz CT molecular complexity index is 979. The first-order valence-electron chi connectivity index (χ1n) is 7.33. The summed E-state index contributed by atoms with van der Waals surface area (Å²) in [5.74, 6) is -0.455. The van der Waals surface area contributed by atoms with Crippen LogP contribution in [0, 0.1) is 9.39 Å². The Kier molecular flexibility index (Phi) is 5.25. The van der Waals surface area contributed by atoms with Crippen molar-refractivity contribution in [1.82, 2.24) is 14.5 Å². The Morgan fingerprint density at radius 3 is 2.84 bits per heavy atom. The van der Waals surface area contributed by atoms with E-state index in [2.05, 4.69) is 15.3 Å². The maximum Gasteiger partial charge on any atom is 0.263 e. The second-order valence-corrected chi connectivity index (χ2v) is 6.61. The largest absolute Gasteiger partial charge is 0.394 e. The van der Waals surface area contributed by atoms with Crippen molar-refractivity contribution in [1.29, 1.82) is 0 Å². The zero-order valence-corrected chi connectivity index (χ0v) is 15.0. The highest BCUT2D eigenvalue weighted by Crippen LogP contribution is 2.24. The first kappa shape index (κ1) is 17.7. The van der Waals surface area contributed by atoms with Gasteiger partial charge in [0.2, 0.25) is 0 Å². The minimum absolute atomic E-state index is 0.0993. The molecular formula is C16H14FIN4O3. The molecule has 1 aromatic carbocycles. The number of nitrogens with zero attached hydrogens (tertiary/aromatic N) is 3. The number of rotatable bonds is 5. The van der Waals surface area contributed by atoms with Gasteiger partial charge in [-0.25, -0.2) is 9.37 Å². The quantitative estimate of drug-likeness (QED) is 0.505. The third kappa shape index (κ3) is 3.78. The first-order valence-corrected chi connectivity index (χ1v) is 8.41. The molecule has 2 heterocycles. The number of halogens is 2. The highest BCUT2D eigenvalue weighted by atomic mass is 127. The molecule has 0 aliphatic heterocycles. The molecule has 2 aromatic heterocycles. The zero-order valence-electron chi connectivity index (χ0n) is 12.9. The summed E-state index contributed by atoms with van der Waals surface area (Å²) in [4.78, 5) is 20.9. The monoisotopic (exact) mass is 456 g/mol. The van der Waals surface area contributed by atoms with Crippen molar-refractivity contribution in [2.45, 2.75) is 12.6 Å². The van der Waals surface area contributed by atoms with Crippen LogP contribution in [0.3, 0.4) is 0 Å². The van der Waals surface area contributed by atoms with E-state index in [1.807, 2.05) is 22.6 Å². The number of pyridine rings is 1. The van der Waals surface area contributed by atoms with E-state index in [4.69, 9.17) is 5.11 Å². The number of aromatic nitrogens is 3. The van der Waals surface area contributed by atoms with E-state index >= 15 is 0 Å². The molecule has 0 amide bonds. The van der Waals surface area contributed by atoms with E-state index in [9.17, 15) is 14.3 Å². The molecule has 0 aliphatic carbocycles. The van der Waals surface area contributed by atoms with Gasteiger partial charge in [-0.05, 0) is 40.8 Å². The van der Waals surface area contributed by atoms with Crippen LogP contribution in [-0.4, -0.2) is 37.5 Å². The van der Waals surface area contributed by atoms with Crippen molar-refractivity contribution in [3.63, 3.8) is 0 Å². The summed E-state index contributed by atoms with van der Waals surface area (Å²) in [5.41, 5.74) is 0.437. The van der Waals surface area contributed by atoms with Gasteiger partial charge in [0, 0.05) is 3.57 Å². The smallest absolute Gasteiger partial charge is 0.263 e. The van der Waals surface area contributed by atoms with Crippen molar-refractivity contribution in [2.24, 2.45) is 0 Å². The normalized spacial score (nSPS) is 12.3. The molecular weight excluding hydrogens is 442 g/mol. The number of fused-ring (bicyclic) bond motifs is 1. The number of aliphatic hydroxyl groups is 2. The zero-order chi connectivity index (χ0) is 18.0. The van der Waals surface area contributed by atoms with E-state index in [-0.39, 0.29) is 17.6 Å². The van der Waals surface area contributed by atoms with Crippen LogP contribution < -0.4 is 10.9 Å². The number of anilines is 2. The van der Waals surface area contributed by atoms with Crippen LogP contribution in [0.1, 0.15) is 0 Å². The molecule has 3 aromatic rings. The fourth-order valence-electron chi connectivity index (χ4n) is 2.35. The molecule has 3 rings (SSSR count). The first-order chi connectivity index (χ1) is 12.0. The Morgan fingerprint density at radius 1 is 1.32 bits per heavy atom. The molecule has 0 saturated heterocycles. The summed E-state index contributed by atoms with van der Waals surface area (Å²) in [6.07, 6.45) is 3.04. The second kappa shape index (κ2) is 7.42. The standard InChI is InChI=1S/C16H14FIN4O3/c17-11-3-9(18)1-2-12(11)21-14-5-19-4-13-15(14)16(25)22(8-20-13)6-10(24)7-23/h1-5,8,10,21,23-24H,6-7H2/t10-/m1/s1. The highest BCUT2D eigenvalue weighted by Gasteiger charge is 2.13. The van der Waals surface area contributed by atoms with E-state index in [1.54, 1.807) is 12.1 Å². The molecule has 9 heteroatoms. The molecule has 7 nitrogen and oxygen atoms in total. The summed E-state index contributed by atoms with van der Waals surface area (Å²) < 4.78 is 16.0. The SMILES string of the molecule is O=c1c2c(Nc3ccc(I)cc3F)cncc2ncn1C[C@@H](O)CO. The van der Waals surface area contributed by atoms with Crippen LogP contribution in [0.4, 0.5) is 15.8 Å². The van der Waals surface area contributed by atoms with Crippen LogP contribution in [0.2, 0.25) is 0 Å². The van der Waals surface area contributed by atoms with E-state index < -0.39 is 24.1 Å². The van der Waals surface area contributed by atoms with Gasteiger partial charge in [-0.2, -0.15) is 0 Å². The lowest BCUT2D eigenvalue weighted by molar-refractivity contribution is 0.0803. The molecule has 1 atom stereocenters. The van der Waals surface area contributed by atoms with Gasteiger partial charge >= 0.3 is 0 Å². The van der Waals surface area contributed by atoms with E-state index in [0.29, 0.717) is 11.2 Å². The van der Waals surface area contributed by atoms with Crippen molar-refractivity contribution in [3.05, 3.63) is 56.7 Å². The third-order valence-electron chi connectivity index (χ3n) is 3.56. The van der Waals surface area contributed by atoms with Gasteiger partial charge < -0.3 is 15.5 Å². The average molecular weight is 456 g/mol. The van der Waals surface area contributed by atoms with Gasteiger partial charge in [-0.15, -0.1) is 0 Å². The molecule has 0 unspecified atom stereocenters. The van der Waals surface area contributed by atoms with Crippen molar-refractivity contribution < 1.29 is 14.6 Å². The van der Waals surface area contributed by atoms with Crippen molar-refractivity contribution in [2.75, 3.05) is 11.9 Å². The van der Waals surface area contributed by atoms with Gasteiger partial charge in [0.25, 0.3) is 5.56 Å². The van der Waals surface area contributed by atoms with Crippen molar-refractivity contribution >= 4 is 44.9 Å². The minimum atomic E-state index is -1.08. The average Bonchev–Trinajstić information content (AvgIpc) is 2.59. The highest BCUT2D eigenvalue weighted by molar-refractivity contribution is 14.1. The van der Waals surface area contributed by atoms with E-state index in [0.717, 1.165) is 3.57 Å². The Hall–Kier alpha value is -2.11. The maximum atomic E-state index is 14.1. The predicted octanol–water partition coefficient (Wildman–Crippen LogP) is 1.63. The Balaban J connectivity index is 2.08. The number of nitrogens with one attached hydrogen (secondary N) is 1. The van der Waals surface area contributed by atoms with Gasteiger partial charge in [0.05, 0.1) is 60.3 Å². The van der Waals surface area contributed by atoms with Crippen LogP contribution in [0.5, 0.6) is 0 Å². The Morgan fingerprint density at radius 2 is 2.12 bits per heavy atom. The van der Waals surface area contributed by atoms with Crippen LogP contribution in [0.25, 0.3) is 10.9 Å². The lowest BCUT2D eigenvalue weighted by atomic mass is 10.2. The van der Waals surface area contributed by atoms with E-state index in [1.165, 1.54) is 29.4 Å². The van der Waals surface area contributed by atoms with Crippen LogP contribution in [-0.2, 0) is 6.54 Å². The summed E-state index contributed by atoms with van der Waals surface area (Å²) >= 11 is 2.00. The van der Waals surface area contributed by atoms with Gasteiger partial charge in [0.15, 0.2) is 0 Å². The molecule has 3 N–H and O–H groups in total. The molecule has 0 spiro atoms. The summed E-state index contributed by atoms with van der Waals surface area (Å²) in [6, 6.07) is 4.68. The topological polar surface area (TPSA) is 100 Å². The van der Waals surface area contributed by atoms with Crippen molar-refractivity contribution in [3.8, 4) is 0 Å². The van der Waals surface area contributed by atoms with Crippen LogP contribution in [0.15, 0.2) is 41.7 Å². The molecule has 25 heavy (non-hydrogen) atoms. The molecule has 0 radical (unpaired) electrons. The lowest BCUT2D eigenvalue weighted by Gasteiger charge is -2.13. The van der Waals surface area contributed by atoms with Gasteiger partial charge in [-0.3, -0.25) is 14.3 Å². The number of benzene rings is 1. The fraction of sp³-hybridized carbons (Fsp3) is 0.188. The molecule has 0 fully saturated rings.